The van der Waals surface area contributed by atoms with Crippen LogP contribution >= 0.6 is 0 Å². The minimum absolute atomic E-state index is 0.0135. The van der Waals surface area contributed by atoms with Gasteiger partial charge in [-0.15, -0.1) is 0 Å². The molecule has 0 radical (unpaired) electrons. The maximum atomic E-state index is 12.6. The van der Waals surface area contributed by atoms with Gasteiger partial charge in [0.2, 0.25) is 0 Å². The van der Waals surface area contributed by atoms with Gasteiger partial charge in [-0.1, -0.05) is 54.6 Å². The molecule has 0 unspecified atom stereocenters. The van der Waals surface area contributed by atoms with E-state index >= 15 is 0 Å². The highest BCUT2D eigenvalue weighted by Gasteiger charge is 2.08. The molecule has 4 rings (SSSR count). The molecule has 0 aliphatic rings. The van der Waals surface area contributed by atoms with Gasteiger partial charge in [-0.05, 0) is 40.8 Å². The van der Waals surface area contributed by atoms with Gasteiger partial charge in [0.25, 0.3) is 11.5 Å². The zero-order chi connectivity index (χ0) is 23.9. The molecule has 0 fully saturated rings. The van der Waals surface area contributed by atoms with Gasteiger partial charge < -0.3 is 16.0 Å². The van der Waals surface area contributed by atoms with E-state index in [9.17, 15) is 9.59 Å². The number of benzene rings is 2. The number of amidine groups is 1. The molecule has 170 valence electrons. The summed E-state index contributed by atoms with van der Waals surface area (Å²) in [5.41, 5.74) is 11.3. The second-order valence-corrected chi connectivity index (χ2v) is 8.07. The van der Waals surface area contributed by atoms with Gasteiger partial charge in [-0.25, -0.2) is 0 Å². The van der Waals surface area contributed by atoms with Crippen molar-refractivity contribution in [1.82, 2.24) is 15.3 Å². The van der Waals surface area contributed by atoms with Crippen molar-refractivity contribution in [1.29, 1.82) is 5.41 Å². The molecule has 7 heteroatoms. The van der Waals surface area contributed by atoms with E-state index in [1.54, 1.807) is 30.7 Å². The van der Waals surface area contributed by atoms with Crippen molar-refractivity contribution >= 4 is 11.7 Å². The first-order chi connectivity index (χ1) is 16.5. The maximum absolute atomic E-state index is 12.6. The van der Waals surface area contributed by atoms with Crippen LogP contribution in [0.3, 0.4) is 0 Å². The number of carbonyl (C=O) groups is 1. The summed E-state index contributed by atoms with van der Waals surface area (Å²) < 4.78 is 0. The van der Waals surface area contributed by atoms with E-state index in [1.165, 1.54) is 0 Å². The fourth-order valence-electron chi connectivity index (χ4n) is 3.62. The summed E-state index contributed by atoms with van der Waals surface area (Å²) >= 11 is 0. The van der Waals surface area contributed by atoms with Crippen LogP contribution in [0.5, 0.6) is 0 Å². The van der Waals surface area contributed by atoms with E-state index in [0.29, 0.717) is 30.5 Å². The summed E-state index contributed by atoms with van der Waals surface area (Å²) in [6.45, 7) is 0.368. The smallest absolute Gasteiger partial charge is 0.253 e. The third-order valence-electron chi connectivity index (χ3n) is 5.50. The van der Waals surface area contributed by atoms with E-state index in [1.807, 2.05) is 54.6 Å². The Balaban J connectivity index is 1.36. The van der Waals surface area contributed by atoms with Crippen molar-refractivity contribution in [2.24, 2.45) is 5.73 Å². The normalized spacial score (nSPS) is 10.6. The number of carbonyl (C=O) groups excluding carboxylic acids is 1. The summed E-state index contributed by atoms with van der Waals surface area (Å²) in [5.74, 6) is -0.187. The Morgan fingerprint density at radius 3 is 2.24 bits per heavy atom. The molecule has 5 N–H and O–H groups in total. The molecule has 0 saturated carbocycles. The number of H-pyrrole nitrogens is 1. The van der Waals surface area contributed by atoms with Gasteiger partial charge in [0.15, 0.2) is 0 Å². The van der Waals surface area contributed by atoms with Crippen LogP contribution in [0.4, 0.5) is 0 Å². The van der Waals surface area contributed by atoms with E-state index < -0.39 is 0 Å². The monoisotopic (exact) mass is 451 g/mol. The molecule has 2 aromatic carbocycles. The Labute approximate surface area is 197 Å². The number of aromatic nitrogens is 2. The van der Waals surface area contributed by atoms with Gasteiger partial charge in [0.1, 0.15) is 5.84 Å². The maximum Gasteiger partial charge on any atom is 0.253 e. The first kappa shape index (κ1) is 22.7. The third kappa shape index (κ3) is 5.83. The van der Waals surface area contributed by atoms with Crippen LogP contribution in [0.25, 0.3) is 0 Å². The van der Waals surface area contributed by atoms with Crippen LogP contribution in [0.2, 0.25) is 0 Å². The number of nitrogen functional groups attached to an aromatic ring is 1. The van der Waals surface area contributed by atoms with Crippen LogP contribution in [0.15, 0.2) is 90.1 Å². The van der Waals surface area contributed by atoms with Crippen molar-refractivity contribution < 1.29 is 4.79 Å². The number of nitrogens with zero attached hydrogens (tertiary/aromatic N) is 1. The van der Waals surface area contributed by atoms with Crippen molar-refractivity contribution in [2.75, 3.05) is 0 Å². The molecule has 34 heavy (non-hydrogen) atoms. The van der Waals surface area contributed by atoms with Crippen molar-refractivity contribution in [3.8, 4) is 0 Å². The topological polar surface area (TPSA) is 125 Å². The molecule has 4 aromatic rings. The summed E-state index contributed by atoms with van der Waals surface area (Å²) in [5, 5.41) is 10.3. The van der Waals surface area contributed by atoms with Gasteiger partial charge >= 0.3 is 0 Å². The number of hydrogen-bond donors (Lipinski definition) is 4. The minimum Gasteiger partial charge on any atom is -0.384 e. The average molecular weight is 452 g/mol. The van der Waals surface area contributed by atoms with Gasteiger partial charge in [0, 0.05) is 42.7 Å². The van der Waals surface area contributed by atoms with Gasteiger partial charge in [0.05, 0.1) is 5.56 Å². The Hall–Kier alpha value is -4.52. The highest BCUT2D eigenvalue weighted by molar-refractivity contribution is 5.95. The predicted octanol–water partition coefficient (Wildman–Crippen LogP) is 3.17. The number of pyridine rings is 2. The fraction of sp³-hybridized carbons (Fsp3) is 0.111. The number of nitrogens with one attached hydrogen (secondary N) is 3. The highest BCUT2D eigenvalue weighted by atomic mass is 16.1. The van der Waals surface area contributed by atoms with E-state index in [0.717, 1.165) is 27.8 Å². The Kier molecular flexibility index (Phi) is 6.93. The summed E-state index contributed by atoms with van der Waals surface area (Å²) in [4.78, 5) is 31.4. The van der Waals surface area contributed by atoms with Gasteiger partial charge in [-0.2, -0.15) is 0 Å². The first-order valence-corrected chi connectivity index (χ1v) is 10.9. The van der Waals surface area contributed by atoms with Crippen molar-refractivity contribution in [3.63, 3.8) is 0 Å². The molecule has 2 aromatic heterocycles. The first-order valence-electron chi connectivity index (χ1n) is 10.9. The van der Waals surface area contributed by atoms with Crippen molar-refractivity contribution in [2.45, 2.75) is 19.4 Å². The number of rotatable bonds is 8. The molecule has 0 saturated heterocycles. The fourth-order valence-corrected chi connectivity index (χ4v) is 3.62. The average Bonchev–Trinajstić information content (AvgIpc) is 2.85. The molecule has 2 heterocycles. The quantitative estimate of drug-likeness (QED) is 0.243. The number of nitrogens with two attached hydrogens (primary N) is 1. The van der Waals surface area contributed by atoms with E-state index in [4.69, 9.17) is 11.1 Å². The standard InChI is InChI=1S/C27H25N5O2/c28-25(29)22-9-7-20(8-10-22)16-32-27(34)24-14-21(15-30-17-24)12-18-3-5-19(6-4-18)13-23-2-1-11-31-26(23)33/h1-11,14-15,17H,12-13,16H2,(H3,28,29)(H,31,33)(H,32,34). The zero-order valence-corrected chi connectivity index (χ0v) is 18.5. The van der Waals surface area contributed by atoms with Crippen LogP contribution < -0.4 is 16.6 Å². The van der Waals surface area contributed by atoms with Crippen molar-refractivity contribution in [3.05, 3.63) is 135 Å². The summed E-state index contributed by atoms with van der Waals surface area (Å²) in [7, 11) is 0. The Morgan fingerprint density at radius 2 is 1.56 bits per heavy atom. The number of amides is 1. The third-order valence-corrected chi connectivity index (χ3v) is 5.50. The molecule has 0 aliphatic heterocycles. The molecular formula is C27H25N5O2. The lowest BCUT2D eigenvalue weighted by Crippen LogP contribution is -2.23. The van der Waals surface area contributed by atoms with Crippen LogP contribution in [-0.2, 0) is 19.4 Å². The molecule has 1 amide bonds. The predicted molar refractivity (Wildman–Crippen MR) is 132 cm³/mol. The molecule has 7 nitrogen and oxygen atoms in total. The largest absolute Gasteiger partial charge is 0.384 e. The second-order valence-electron chi connectivity index (χ2n) is 8.07. The second kappa shape index (κ2) is 10.4. The molecular weight excluding hydrogens is 426 g/mol. The molecule has 0 aliphatic carbocycles. The lowest BCUT2D eigenvalue weighted by Gasteiger charge is -2.08. The zero-order valence-electron chi connectivity index (χ0n) is 18.5. The Bertz CT molecular complexity index is 1360. The Morgan fingerprint density at radius 1 is 0.882 bits per heavy atom. The number of hydrogen-bond acceptors (Lipinski definition) is 4. The SMILES string of the molecule is N=C(N)c1ccc(CNC(=O)c2cncc(Cc3ccc(Cc4ccc[nH]c4=O)cc3)c2)cc1. The van der Waals surface area contributed by atoms with E-state index in [-0.39, 0.29) is 17.3 Å². The summed E-state index contributed by atoms with van der Waals surface area (Å²) in [6, 6.07) is 20.8. The lowest BCUT2D eigenvalue weighted by atomic mass is 10.0. The van der Waals surface area contributed by atoms with E-state index in [2.05, 4.69) is 15.3 Å². The lowest BCUT2D eigenvalue weighted by molar-refractivity contribution is 0.0950. The molecule has 0 bridgehead atoms. The van der Waals surface area contributed by atoms with Crippen LogP contribution in [-0.4, -0.2) is 21.7 Å². The number of aromatic amines is 1. The van der Waals surface area contributed by atoms with Crippen LogP contribution in [0.1, 0.15) is 43.7 Å². The molecule has 0 spiro atoms. The highest BCUT2D eigenvalue weighted by Crippen LogP contribution is 2.14. The molecule has 0 atom stereocenters. The van der Waals surface area contributed by atoms with Gasteiger partial charge in [-0.3, -0.25) is 20.0 Å². The minimum atomic E-state index is -0.201. The summed E-state index contributed by atoms with van der Waals surface area (Å²) in [6.07, 6.45) is 6.16. The van der Waals surface area contributed by atoms with Crippen LogP contribution in [0, 0.1) is 5.41 Å².